The maximum Gasteiger partial charge on any atom is 0.338 e. The minimum Gasteiger partial charge on any atom is -0.482 e. The fraction of sp³-hybridized carbons (Fsp3) is 0.360. The molecule has 1 amide bonds. The largest absolute Gasteiger partial charge is 0.482 e. The van der Waals surface area contributed by atoms with Gasteiger partial charge in [0.05, 0.1) is 17.9 Å². The smallest absolute Gasteiger partial charge is 0.338 e. The Hall–Kier alpha value is -3.33. The highest BCUT2D eigenvalue weighted by molar-refractivity contribution is 7.99. The van der Waals surface area contributed by atoms with Crippen molar-refractivity contribution in [2.24, 2.45) is 0 Å². The molecule has 0 fully saturated rings. The number of amides is 1. The van der Waals surface area contributed by atoms with Crippen molar-refractivity contribution >= 4 is 29.3 Å². The standard InChI is InChI=1S/C25H30N4O4S/c1-6-29-23(18(5)33-21-13-8-16(3)14-17(21)4)27-28-25(29)34-15-22(30)26-20-11-9-19(10-12-20)24(31)32-7-2/h8-14,18H,6-7,15H2,1-5H3,(H,26,30). The third-order valence-corrected chi connectivity index (χ3v) is 6.04. The number of esters is 1. The predicted molar refractivity (Wildman–Crippen MR) is 132 cm³/mol. The van der Waals surface area contributed by atoms with Crippen LogP contribution in [0.2, 0.25) is 0 Å². The van der Waals surface area contributed by atoms with Crippen LogP contribution in [0.3, 0.4) is 0 Å². The molecule has 180 valence electrons. The Morgan fingerprint density at radius 1 is 1.09 bits per heavy atom. The van der Waals surface area contributed by atoms with Gasteiger partial charge in [0.1, 0.15) is 5.75 Å². The fourth-order valence-electron chi connectivity index (χ4n) is 3.41. The number of aromatic nitrogens is 3. The first kappa shape index (κ1) is 25.3. The van der Waals surface area contributed by atoms with E-state index in [-0.39, 0.29) is 23.7 Å². The minimum atomic E-state index is -0.388. The molecule has 9 heteroatoms. The van der Waals surface area contributed by atoms with Gasteiger partial charge in [0.25, 0.3) is 0 Å². The molecule has 1 atom stereocenters. The summed E-state index contributed by atoms with van der Waals surface area (Å²) >= 11 is 1.31. The Labute approximate surface area is 204 Å². The summed E-state index contributed by atoms with van der Waals surface area (Å²) in [4.78, 5) is 24.2. The number of anilines is 1. The molecule has 0 aliphatic carbocycles. The lowest BCUT2D eigenvalue weighted by atomic mass is 10.1. The van der Waals surface area contributed by atoms with Crippen molar-refractivity contribution in [3.63, 3.8) is 0 Å². The monoisotopic (exact) mass is 482 g/mol. The number of ether oxygens (including phenoxy) is 2. The molecule has 0 bridgehead atoms. The summed E-state index contributed by atoms with van der Waals surface area (Å²) in [7, 11) is 0. The molecule has 0 radical (unpaired) electrons. The first-order valence-corrected chi connectivity index (χ1v) is 12.2. The predicted octanol–water partition coefficient (Wildman–Crippen LogP) is 4.96. The molecule has 0 saturated heterocycles. The highest BCUT2D eigenvalue weighted by atomic mass is 32.2. The van der Waals surface area contributed by atoms with Gasteiger partial charge >= 0.3 is 5.97 Å². The summed E-state index contributed by atoms with van der Waals surface area (Å²) in [6, 6.07) is 12.7. The SMILES string of the molecule is CCOC(=O)c1ccc(NC(=O)CSc2nnc(C(C)Oc3ccc(C)cc3C)n2CC)cc1. The maximum atomic E-state index is 12.4. The zero-order valence-corrected chi connectivity index (χ0v) is 20.9. The van der Waals surface area contributed by atoms with Crippen LogP contribution >= 0.6 is 11.8 Å². The number of hydrogen-bond donors (Lipinski definition) is 1. The van der Waals surface area contributed by atoms with Gasteiger partial charge in [-0.25, -0.2) is 4.79 Å². The van der Waals surface area contributed by atoms with Crippen LogP contribution in [-0.4, -0.2) is 39.0 Å². The molecule has 0 aliphatic rings. The lowest BCUT2D eigenvalue weighted by molar-refractivity contribution is -0.113. The van der Waals surface area contributed by atoms with Gasteiger partial charge < -0.3 is 19.4 Å². The molecule has 0 saturated carbocycles. The quantitative estimate of drug-likeness (QED) is 0.322. The highest BCUT2D eigenvalue weighted by Gasteiger charge is 2.20. The number of carbonyl (C=O) groups excluding carboxylic acids is 2. The highest BCUT2D eigenvalue weighted by Crippen LogP contribution is 2.27. The number of nitrogens with zero attached hydrogens (tertiary/aromatic N) is 3. The molecule has 1 unspecified atom stereocenters. The number of hydrogen-bond acceptors (Lipinski definition) is 7. The van der Waals surface area contributed by atoms with Gasteiger partial charge in [-0.15, -0.1) is 10.2 Å². The normalized spacial score (nSPS) is 11.7. The Bertz CT molecular complexity index is 1140. The zero-order chi connectivity index (χ0) is 24.7. The third-order valence-electron chi connectivity index (χ3n) is 5.07. The van der Waals surface area contributed by atoms with Crippen molar-refractivity contribution in [2.45, 2.75) is 52.4 Å². The van der Waals surface area contributed by atoms with Gasteiger partial charge in [0.15, 0.2) is 17.1 Å². The van der Waals surface area contributed by atoms with Crippen LogP contribution in [0.25, 0.3) is 0 Å². The lowest BCUT2D eigenvalue weighted by Crippen LogP contribution is -2.15. The second-order valence-electron chi connectivity index (χ2n) is 7.75. The summed E-state index contributed by atoms with van der Waals surface area (Å²) in [6.45, 7) is 10.7. The van der Waals surface area contributed by atoms with Crippen LogP contribution in [0, 0.1) is 13.8 Å². The first-order chi connectivity index (χ1) is 16.3. The molecule has 34 heavy (non-hydrogen) atoms. The number of rotatable bonds is 10. The van der Waals surface area contributed by atoms with Crippen molar-refractivity contribution in [3.05, 3.63) is 65.0 Å². The summed E-state index contributed by atoms with van der Waals surface area (Å²) in [5.41, 5.74) is 3.29. The van der Waals surface area contributed by atoms with Crippen molar-refractivity contribution < 1.29 is 19.1 Å². The number of thioether (sulfide) groups is 1. The van der Waals surface area contributed by atoms with Crippen LogP contribution in [-0.2, 0) is 16.1 Å². The zero-order valence-electron chi connectivity index (χ0n) is 20.1. The van der Waals surface area contributed by atoms with E-state index < -0.39 is 0 Å². The van der Waals surface area contributed by atoms with Gasteiger partial charge in [-0.3, -0.25) is 4.79 Å². The molecule has 3 rings (SSSR count). The minimum absolute atomic E-state index is 0.171. The van der Waals surface area contributed by atoms with E-state index in [1.165, 1.54) is 17.3 Å². The molecule has 1 aromatic heterocycles. The Morgan fingerprint density at radius 2 is 1.82 bits per heavy atom. The summed E-state index contributed by atoms with van der Waals surface area (Å²) < 4.78 is 13.1. The number of benzene rings is 2. The van der Waals surface area contributed by atoms with E-state index in [9.17, 15) is 9.59 Å². The number of nitrogens with one attached hydrogen (secondary N) is 1. The average molecular weight is 483 g/mol. The molecule has 1 N–H and O–H groups in total. The molecular weight excluding hydrogens is 452 g/mol. The van der Waals surface area contributed by atoms with E-state index >= 15 is 0 Å². The van der Waals surface area contributed by atoms with Crippen LogP contribution in [0.5, 0.6) is 5.75 Å². The van der Waals surface area contributed by atoms with Gasteiger partial charge in [-0.2, -0.15) is 0 Å². The van der Waals surface area contributed by atoms with Gasteiger partial charge in [0.2, 0.25) is 5.91 Å². The molecule has 1 heterocycles. The van der Waals surface area contributed by atoms with E-state index in [2.05, 4.69) is 21.6 Å². The molecule has 2 aromatic carbocycles. The summed E-state index contributed by atoms with van der Waals surface area (Å²) in [6.07, 6.45) is -0.296. The molecular formula is C25H30N4O4S. The molecule has 0 aliphatic heterocycles. The Morgan fingerprint density at radius 3 is 2.47 bits per heavy atom. The van der Waals surface area contributed by atoms with Crippen LogP contribution in [0.4, 0.5) is 5.69 Å². The third kappa shape index (κ3) is 6.38. The molecule has 3 aromatic rings. The Balaban J connectivity index is 1.59. The molecule has 0 spiro atoms. The number of carbonyl (C=O) groups is 2. The van der Waals surface area contributed by atoms with Crippen molar-refractivity contribution in [3.8, 4) is 5.75 Å². The van der Waals surface area contributed by atoms with Gasteiger partial charge in [-0.1, -0.05) is 29.5 Å². The van der Waals surface area contributed by atoms with Crippen LogP contribution < -0.4 is 10.1 Å². The van der Waals surface area contributed by atoms with E-state index in [4.69, 9.17) is 9.47 Å². The topological polar surface area (TPSA) is 95.3 Å². The van der Waals surface area contributed by atoms with Gasteiger partial charge in [-0.05, 0) is 70.5 Å². The Kier molecular flexibility index (Phi) is 8.70. The second kappa shape index (κ2) is 11.7. The van der Waals surface area contributed by atoms with E-state index in [1.807, 2.05) is 44.4 Å². The second-order valence-corrected chi connectivity index (χ2v) is 8.69. The average Bonchev–Trinajstić information content (AvgIpc) is 3.23. The summed E-state index contributed by atoms with van der Waals surface area (Å²) in [5.74, 6) is 1.12. The van der Waals surface area contributed by atoms with Crippen molar-refractivity contribution in [1.29, 1.82) is 0 Å². The van der Waals surface area contributed by atoms with E-state index in [0.717, 1.165) is 11.3 Å². The fourth-order valence-corrected chi connectivity index (χ4v) is 4.22. The van der Waals surface area contributed by atoms with Crippen molar-refractivity contribution in [1.82, 2.24) is 14.8 Å². The maximum absolute atomic E-state index is 12.4. The van der Waals surface area contributed by atoms with E-state index in [0.29, 0.717) is 35.4 Å². The molecule has 8 nitrogen and oxygen atoms in total. The first-order valence-electron chi connectivity index (χ1n) is 11.2. The van der Waals surface area contributed by atoms with E-state index in [1.54, 1.807) is 31.2 Å². The van der Waals surface area contributed by atoms with Crippen LogP contribution in [0.15, 0.2) is 47.6 Å². The van der Waals surface area contributed by atoms with Gasteiger partial charge in [0, 0.05) is 12.2 Å². The lowest BCUT2D eigenvalue weighted by Gasteiger charge is -2.17. The van der Waals surface area contributed by atoms with Crippen LogP contribution in [0.1, 0.15) is 54.2 Å². The summed E-state index contributed by atoms with van der Waals surface area (Å²) in [5, 5.41) is 12.1. The number of aryl methyl sites for hydroxylation is 2. The van der Waals surface area contributed by atoms with Crippen molar-refractivity contribution in [2.75, 3.05) is 17.7 Å².